The average molecular weight is 308 g/mol. The fourth-order valence-electron chi connectivity index (χ4n) is 2.35. The predicted molar refractivity (Wildman–Crippen MR) is 88.3 cm³/mol. The van der Waals surface area contributed by atoms with Crippen molar-refractivity contribution in [1.29, 1.82) is 0 Å². The number of hydrogen-bond donors (Lipinski definition) is 0. The molecule has 0 saturated carbocycles. The second-order valence-electron chi connectivity index (χ2n) is 6.71. The zero-order chi connectivity index (χ0) is 16.8. The minimum Gasteiger partial charge on any atom is -0.321 e. The molecule has 0 unspecified atom stereocenters. The van der Waals surface area contributed by atoms with Crippen LogP contribution in [0.15, 0.2) is 24.3 Å². The van der Waals surface area contributed by atoms with E-state index in [9.17, 15) is 4.79 Å². The first-order valence-corrected chi connectivity index (χ1v) is 8.09. The van der Waals surface area contributed by atoms with Crippen LogP contribution < -0.4 is 0 Å². The molecule has 0 amide bonds. The van der Waals surface area contributed by atoms with Gasteiger partial charge in [0.25, 0.3) is 0 Å². The van der Waals surface area contributed by atoms with E-state index < -0.39 is 11.6 Å². The SMILES string of the molecule is CC[N+](CC)(CC)Cc1ccc(C(=O)OOC(C)(C)C)cc1. The van der Waals surface area contributed by atoms with Gasteiger partial charge in [-0.15, -0.1) is 0 Å². The first-order chi connectivity index (χ1) is 10.2. The minimum atomic E-state index is -0.504. The topological polar surface area (TPSA) is 35.5 Å². The first-order valence-electron chi connectivity index (χ1n) is 8.09. The van der Waals surface area contributed by atoms with Crippen molar-refractivity contribution in [3.8, 4) is 0 Å². The summed E-state index contributed by atoms with van der Waals surface area (Å²) in [5, 5.41) is 0. The standard InChI is InChI=1S/C18H30NO3/c1-7-19(8-2,9-3)14-15-10-12-16(13-11-15)17(20)21-22-18(4,5)6/h10-13H,7-9,14H2,1-6H3/q+1. The number of hydrogen-bond acceptors (Lipinski definition) is 3. The van der Waals surface area contributed by atoms with Crippen molar-refractivity contribution in [3.05, 3.63) is 35.4 Å². The molecule has 0 saturated heterocycles. The maximum Gasteiger partial charge on any atom is 0.373 e. The maximum atomic E-state index is 11.9. The zero-order valence-corrected chi connectivity index (χ0v) is 14.8. The quantitative estimate of drug-likeness (QED) is 0.435. The number of rotatable bonds is 7. The van der Waals surface area contributed by atoms with Crippen LogP contribution >= 0.6 is 0 Å². The van der Waals surface area contributed by atoms with Crippen LogP contribution in [0.25, 0.3) is 0 Å². The third-order valence-electron chi connectivity index (χ3n) is 4.09. The van der Waals surface area contributed by atoms with Crippen LogP contribution in [0.2, 0.25) is 0 Å². The van der Waals surface area contributed by atoms with Crippen LogP contribution in [-0.4, -0.2) is 35.7 Å². The number of carbonyl (C=O) groups is 1. The Morgan fingerprint density at radius 1 is 1.00 bits per heavy atom. The molecule has 0 aliphatic heterocycles. The van der Waals surface area contributed by atoms with Crippen molar-refractivity contribution in [2.24, 2.45) is 0 Å². The maximum absolute atomic E-state index is 11.9. The van der Waals surface area contributed by atoms with Gasteiger partial charge in [-0.2, -0.15) is 4.89 Å². The highest BCUT2D eigenvalue weighted by atomic mass is 17.2. The Morgan fingerprint density at radius 3 is 1.91 bits per heavy atom. The van der Waals surface area contributed by atoms with Crippen molar-refractivity contribution in [3.63, 3.8) is 0 Å². The summed E-state index contributed by atoms with van der Waals surface area (Å²) >= 11 is 0. The summed E-state index contributed by atoms with van der Waals surface area (Å²) in [7, 11) is 0. The lowest BCUT2D eigenvalue weighted by molar-refractivity contribution is -0.936. The lowest BCUT2D eigenvalue weighted by Gasteiger charge is -2.35. The molecule has 0 aromatic heterocycles. The highest BCUT2D eigenvalue weighted by molar-refractivity contribution is 5.88. The number of carbonyl (C=O) groups excluding carboxylic acids is 1. The van der Waals surface area contributed by atoms with Gasteiger partial charge in [0.2, 0.25) is 0 Å². The summed E-state index contributed by atoms with van der Waals surface area (Å²) in [4.78, 5) is 21.8. The Kier molecular flexibility index (Phi) is 6.57. The molecular weight excluding hydrogens is 278 g/mol. The van der Waals surface area contributed by atoms with Crippen LogP contribution in [-0.2, 0) is 16.3 Å². The van der Waals surface area contributed by atoms with E-state index in [0.29, 0.717) is 5.56 Å². The third-order valence-corrected chi connectivity index (χ3v) is 4.09. The van der Waals surface area contributed by atoms with E-state index in [1.165, 1.54) is 5.56 Å². The lowest BCUT2D eigenvalue weighted by Crippen LogP contribution is -2.46. The summed E-state index contributed by atoms with van der Waals surface area (Å²) < 4.78 is 1.05. The highest BCUT2D eigenvalue weighted by Gasteiger charge is 2.21. The van der Waals surface area contributed by atoms with Gasteiger partial charge in [0.15, 0.2) is 0 Å². The van der Waals surface area contributed by atoms with E-state index in [-0.39, 0.29) is 0 Å². The predicted octanol–water partition coefficient (Wildman–Crippen LogP) is 3.95. The van der Waals surface area contributed by atoms with Crippen molar-refractivity contribution in [2.45, 2.75) is 53.7 Å². The van der Waals surface area contributed by atoms with Crippen molar-refractivity contribution >= 4 is 5.97 Å². The minimum absolute atomic E-state index is 0.455. The summed E-state index contributed by atoms with van der Waals surface area (Å²) in [6, 6.07) is 7.61. The normalized spacial score (nSPS) is 12.3. The van der Waals surface area contributed by atoms with Crippen LogP contribution in [0.3, 0.4) is 0 Å². The van der Waals surface area contributed by atoms with Gasteiger partial charge in [0.05, 0.1) is 25.2 Å². The highest BCUT2D eigenvalue weighted by Crippen LogP contribution is 2.16. The van der Waals surface area contributed by atoms with Gasteiger partial charge < -0.3 is 4.48 Å². The Bertz CT molecular complexity index is 462. The molecule has 0 heterocycles. The molecule has 0 aliphatic rings. The molecule has 1 rings (SSSR count). The van der Waals surface area contributed by atoms with Crippen LogP contribution in [0.1, 0.15) is 57.5 Å². The second kappa shape index (κ2) is 7.75. The smallest absolute Gasteiger partial charge is 0.321 e. The van der Waals surface area contributed by atoms with Crippen LogP contribution in [0.4, 0.5) is 0 Å². The van der Waals surface area contributed by atoms with Crippen molar-refractivity contribution in [1.82, 2.24) is 0 Å². The lowest BCUT2D eigenvalue weighted by atomic mass is 10.1. The van der Waals surface area contributed by atoms with Gasteiger partial charge in [-0.25, -0.2) is 4.79 Å². The molecule has 0 spiro atoms. The molecule has 0 bridgehead atoms. The van der Waals surface area contributed by atoms with Crippen molar-refractivity contribution in [2.75, 3.05) is 19.6 Å². The molecule has 124 valence electrons. The third kappa shape index (κ3) is 5.43. The van der Waals surface area contributed by atoms with Gasteiger partial charge in [0, 0.05) is 5.56 Å². The average Bonchev–Trinajstić information content (AvgIpc) is 2.50. The van der Waals surface area contributed by atoms with Gasteiger partial charge in [-0.1, -0.05) is 12.1 Å². The zero-order valence-electron chi connectivity index (χ0n) is 14.8. The van der Waals surface area contributed by atoms with Crippen LogP contribution in [0, 0.1) is 0 Å². The molecule has 1 aromatic carbocycles. The number of quaternary nitrogens is 1. The summed E-state index contributed by atoms with van der Waals surface area (Å²) in [6.07, 6.45) is 0. The number of nitrogens with zero attached hydrogens (tertiary/aromatic N) is 1. The fraction of sp³-hybridized carbons (Fsp3) is 0.611. The molecule has 0 aliphatic carbocycles. The Labute approximate surface area is 134 Å². The van der Waals surface area contributed by atoms with Gasteiger partial charge in [0.1, 0.15) is 12.1 Å². The van der Waals surface area contributed by atoms with E-state index in [2.05, 4.69) is 20.8 Å². The van der Waals surface area contributed by atoms with E-state index >= 15 is 0 Å². The van der Waals surface area contributed by atoms with Gasteiger partial charge in [-0.3, -0.25) is 4.89 Å². The van der Waals surface area contributed by atoms with Crippen molar-refractivity contribution < 1.29 is 19.1 Å². The molecule has 0 N–H and O–H groups in total. The van der Waals surface area contributed by atoms with Crippen LogP contribution in [0.5, 0.6) is 0 Å². The van der Waals surface area contributed by atoms with E-state index in [4.69, 9.17) is 9.78 Å². The Hall–Kier alpha value is -1.39. The molecular formula is C18H30NO3+. The Balaban J connectivity index is 2.72. The van der Waals surface area contributed by atoms with Gasteiger partial charge in [-0.05, 0) is 53.7 Å². The number of benzene rings is 1. The monoisotopic (exact) mass is 308 g/mol. The molecule has 4 nitrogen and oxygen atoms in total. The summed E-state index contributed by atoms with van der Waals surface area (Å²) in [5.41, 5.74) is 1.24. The van der Waals surface area contributed by atoms with E-state index in [1.54, 1.807) is 12.1 Å². The first kappa shape index (κ1) is 18.7. The summed E-state index contributed by atoms with van der Waals surface area (Å²) in [5.74, 6) is -0.455. The molecule has 4 heteroatoms. The molecule has 0 atom stereocenters. The van der Waals surface area contributed by atoms with Gasteiger partial charge >= 0.3 is 5.97 Å². The fourth-order valence-corrected chi connectivity index (χ4v) is 2.35. The van der Waals surface area contributed by atoms with E-state index in [1.807, 2.05) is 32.9 Å². The Morgan fingerprint density at radius 2 is 1.50 bits per heavy atom. The molecule has 0 radical (unpaired) electrons. The largest absolute Gasteiger partial charge is 0.373 e. The second-order valence-corrected chi connectivity index (χ2v) is 6.71. The molecule has 22 heavy (non-hydrogen) atoms. The summed E-state index contributed by atoms with van der Waals surface area (Å²) in [6.45, 7) is 16.5. The van der Waals surface area contributed by atoms with E-state index in [0.717, 1.165) is 30.7 Å². The molecule has 1 aromatic rings. The molecule has 0 fully saturated rings.